The monoisotopic (exact) mass is 283 g/mol. The zero-order valence-corrected chi connectivity index (χ0v) is 11.2. The molecule has 2 aromatic carbocycles. The van der Waals surface area contributed by atoms with Crippen molar-refractivity contribution in [2.75, 3.05) is 5.12 Å². The van der Waals surface area contributed by atoms with Crippen LogP contribution in [0.1, 0.15) is 15.9 Å². The van der Waals surface area contributed by atoms with Crippen LogP contribution in [0.25, 0.3) is 6.08 Å². The standard InChI is InChI=1S/C15H10ClN3O/c16-13-6-4-12(5-7-13)15(20)10-3-11-1-8-14(9-2-11)19-17-18-19/h1-10H/b10-3+. The van der Waals surface area contributed by atoms with Crippen molar-refractivity contribution in [2.45, 2.75) is 0 Å². The summed E-state index contributed by atoms with van der Waals surface area (Å²) in [6, 6.07) is 14.4. The average Bonchev–Trinajstić information content (AvgIpc) is 3.31. The van der Waals surface area contributed by atoms with E-state index in [1.807, 2.05) is 24.3 Å². The first-order chi connectivity index (χ1) is 9.72. The second-order valence-electron chi connectivity index (χ2n) is 4.26. The molecule has 0 N–H and O–H groups in total. The predicted octanol–water partition coefficient (Wildman–Crippen LogP) is 4.34. The van der Waals surface area contributed by atoms with Crippen molar-refractivity contribution in [1.29, 1.82) is 0 Å². The summed E-state index contributed by atoms with van der Waals surface area (Å²) in [4.78, 5) is 11.9. The Morgan fingerprint density at radius 1 is 1.00 bits per heavy atom. The molecule has 0 fully saturated rings. The van der Waals surface area contributed by atoms with Crippen molar-refractivity contribution in [3.05, 3.63) is 70.8 Å². The number of hydrogen-bond donors (Lipinski definition) is 0. The van der Waals surface area contributed by atoms with Crippen molar-refractivity contribution in [2.24, 2.45) is 10.4 Å². The molecule has 20 heavy (non-hydrogen) atoms. The molecule has 0 amide bonds. The van der Waals surface area contributed by atoms with E-state index in [2.05, 4.69) is 10.4 Å². The van der Waals surface area contributed by atoms with Gasteiger partial charge in [-0.15, -0.1) is 5.12 Å². The van der Waals surface area contributed by atoms with Gasteiger partial charge in [-0.05, 0) is 58.5 Å². The Hall–Kier alpha value is -2.46. The third-order valence-electron chi connectivity index (χ3n) is 2.86. The van der Waals surface area contributed by atoms with Crippen LogP contribution in [0.4, 0.5) is 5.69 Å². The minimum atomic E-state index is -0.0540. The molecular formula is C15H10ClN3O. The third kappa shape index (κ3) is 2.92. The lowest BCUT2D eigenvalue weighted by Crippen LogP contribution is -1.93. The highest BCUT2D eigenvalue weighted by molar-refractivity contribution is 6.30. The lowest BCUT2D eigenvalue weighted by atomic mass is 10.1. The van der Waals surface area contributed by atoms with E-state index in [1.165, 1.54) is 5.12 Å². The lowest BCUT2D eigenvalue weighted by molar-refractivity contribution is 0.104. The van der Waals surface area contributed by atoms with Gasteiger partial charge in [-0.2, -0.15) is 0 Å². The SMILES string of the molecule is O=C(/C=C/c1ccc(N2N=N2)cc1)c1ccc(Cl)cc1. The number of carbonyl (C=O) groups excluding carboxylic acids is 1. The van der Waals surface area contributed by atoms with E-state index in [9.17, 15) is 4.79 Å². The highest BCUT2D eigenvalue weighted by Crippen LogP contribution is 2.23. The molecular weight excluding hydrogens is 274 g/mol. The Balaban J connectivity index is 1.69. The van der Waals surface area contributed by atoms with E-state index < -0.39 is 0 Å². The summed E-state index contributed by atoms with van der Waals surface area (Å²) in [5.41, 5.74) is 2.47. The molecule has 0 unspecified atom stereocenters. The number of nitrogens with zero attached hydrogens (tertiary/aromatic N) is 3. The van der Waals surface area contributed by atoms with E-state index >= 15 is 0 Å². The maximum absolute atomic E-state index is 11.9. The second-order valence-corrected chi connectivity index (χ2v) is 4.70. The van der Waals surface area contributed by atoms with E-state index in [1.54, 1.807) is 36.4 Å². The molecule has 0 aromatic heterocycles. The van der Waals surface area contributed by atoms with Gasteiger partial charge in [0.05, 0.1) is 5.69 Å². The Labute approximate surface area is 120 Å². The lowest BCUT2D eigenvalue weighted by Gasteiger charge is -1.98. The highest BCUT2D eigenvalue weighted by Gasteiger charge is 2.12. The normalized spacial score (nSPS) is 12.9. The molecule has 0 spiro atoms. The molecule has 1 heterocycles. The van der Waals surface area contributed by atoms with E-state index in [0.717, 1.165) is 11.3 Å². The third-order valence-corrected chi connectivity index (χ3v) is 3.11. The highest BCUT2D eigenvalue weighted by atomic mass is 35.5. The van der Waals surface area contributed by atoms with Gasteiger partial charge in [0.25, 0.3) is 0 Å². The molecule has 0 atom stereocenters. The number of rotatable bonds is 4. The number of ketones is 1. The predicted molar refractivity (Wildman–Crippen MR) is 78.6 cm³/mol. The molecule has 0 bridgehead atoms. The van der Waals surface area contributed by atoms with E-state index in [4.69, 9.17) is 11.6 Å². The summed E-state index contributed by atoms with van der Waals surface area (Å²) in [5, 5.41) is 9.55. The smallest absolute Gasteiger partial charge is 0.185 e. The molecule has 0 saturated carbocycles. The van der Waals surface area contributed by atoms with Crippen molar-refractivity contribution < 1.29 is 4.79 Å². The largest absolute Gasteiger partial charge is 0.289 e. The van der Waals surface area contributed by atoms with E-state index in [0.29, 0.717) is 10.6 Å². The number of benzene rings is 2. The molecule has 1 aliphatic heterocycles. The van der Waals surface area contributed by atoms with Gasteiger partial charge in [-0.1, -0.05) is 29.8 Å². The molecule has 5 heteroatoms. The molecule has 3 rings (SSSR count). The summed E-state index contributed by atoms with van der Waals surface area (Å²) in [5.74, 6) is -0.0540. The van der Waals surface area contributed by atoms with Gasteiger partial charge >= 0.3 is 0 Å². The average molecular weight is 284 g/mol. The first kappa shape index (κ1) is 12.6. The minimum Gasteiger partial charge on any atom is -0.289 e. The first-order valence-electron chi connectivity index (χ1n) is 6.02. The van der Waals surface area contributed by atoms with Crippen molar-refractivity contribution >= 4 is 29.1 Å². The second kappa shape index (κ2) is 5.27. The fourth-order valence-corrected chi connectivity index (χ4v) is 1.85. The number of hydrogen-bond acceptors (Lipinski definition) is 4. The van der Waals surface area contributed by atoms with Crippen LogP contribution >= 0.6 is 11.6 Å². The van der Waals surface area contributed by atoms with Crippen molar-refractivity contribution in [1.82, 2.24) is 0 Å². The first-order valence-corrected chi connectivity index (χ1v) is 6.40. The Morgan fingerprint density at radius 3 is 2.25 bits per heavy atom. The Bertz CT molecular complexity index is 684. The summed E-state index contributed by atoms with van der Waals surface area (Å²) < 4.78 is 0. The van der Waals surface area contributed by atoms with Crippen LogP contribution in [-0.2, 0) is 0 Å². The summed E-state index contributed by atoms with van der Waals surface area (Å²) in [6.45, 7) is 0. The van der Waals surface area contributed by atoms with Gasteiger partial charge in [-0.25, -0.2) is 0 Å². The van der Waals surface area contributed by atoms with Gasteiger partial charge in [0.2, 0.25) is 0 Å². The number of carbonyl (C=O) groups is 1. The van der Waals surface area contributed by atoms with Crippen LogP contribution in [0.15, 0.2) is 65.1 Å². The molecule has 0 saturated heterocycles. The summed E-state index contributed by atoms with van der Waals surface area (Å²) in [7, 11) is 0. The molecule has 98 valence electrons. The molecule has 2 aromatic rings. The van der Waals surface area contributed by atoms with Gasteiger partial charge in [0, 0.05) is 10.6 Å². The summed E-state index contributed by atoms with van der Waals surface area (Å²) in [6.07, 6.45) is 3.32. The fourth-order valence-electron chi connectivity index (χ4n) is 1.72. The zero-order chi connectivity index (χ0) is 13.9. The van der Waals surface area contributed by atoms with Crippen molar-refractivity contribution in [3.8, 4) is 0 Å². The van der Waals surface area contributed by atoms with Crippen LogP contribution in [-0.4, -0.2) is 5.78 Å². The number of anilines is 1. The molecule has 4 nitrogen and oxygen atoms in total. The van der Waals surface area contributed by atoms with Crippen LogP contribution in [0, 0.1) is 0 Å². The van der Waals surface area contributed by atoms with E-state index in [-0.39, 0.29) is 5.78 Å². The maximum atomic E-state index is 11.9. The maximum Gasteiger partial charge on any atom is 0.185 e. The van der Waals surface area contributed by atoms with Crippen molar-refractivity contribution in [3.63, 3.8) is 0 Å². The van der Waals surface area contributed by atoms with Gasteiger partial charge in [0.15, 0.2) is 5.78 Å². The van der Waals surface area contributed by atoms with Gasteiger partial charge in [-0.3, -0.25) is 4.79 Å². The molecule has 0 aliphatic carbocycles. The zero-order valence-electron chi connectivity index (χ0n) is 10.4. The van der Waals surface area contributed by atoms with Crippen LogP contribution in [0.2, 0.25) is 5.02 Å². The van der Waals surface area contributed by atoms with Gasteiger partial charge < -0.3 is 0 Å². The number of allylic oxidation sites excluding steroid dienone is 1. The van der Waals surface area contributed by atoms with Crippen LogP contribution < -0.4 is 5.12 Å². The van der Waals surface area contributed by atoms with Crippen LogP contribution in [0.3, 0.4) is 0 Å². The Kier molecular flexibility index (Phi) is 3.31. The van der Waals surface area contributed by atoms with Gasteiger partial charge in [0.1, 0.15) is 0 Å². The molecule has 0 radical (unpaired) electrons. The molecule has 1 aliphatic rings. The Morgan fingerprint density at radius 2 is 1.65 bits per heavy atom. The quantitative estimate of drug-likeness (QED) is 0.619. The number of halogens is 1. The summed E-state index contributed by atoms with van der Waals surface area (Å²) >= 11 is 5.79. The van der Waals surface area contributed by atoms with Crippen LogP contribution in [0.5, 0.6) is 0 Å². The fraction of sp³-hybridized carbons (Fsp3) is 0. The topological polar surface area (TPSA) is 44.8 Å². The minimum absolute atomic E-state index is 0.0540.